The average molecular weight is 221 g/mol. The molecule has 1 heterocycles. The summed E-state index contributed by atoms with van der Waals surface area (Å²) < 4.78 is 5.52. The highest BCUT2D eigenvalue weighted by molar-refractivity contribution is 5.24. The Morgan fingerprint density at radius 1 is 1.50 bits per heavy atom. The summed E-state index contributed by atoms with van der Waals surface area (Å²) in [5.74, 6) is 0.588. The molecule has 1 aromatic rings. The van der Waals surface area contributed by atoms with E-state index in [4.69, 9.17) is 9.84 Å². The van der Waals surface area contributed by atoms with Crippen molar-refractivity contribution in [3.05, 3.63) is 35.5 Å². The van der Waals surface area contributed by atoms with Crippen LogP contribution in [0.2, 0.25) is 0 Å². The quantitative estimate of drug-likeness (QED) is 0.750. The van der Waals surface area contributed by atoms with E-state index in [2.05, 4.69) is 11.6 Å². The van der Waals surface area contributed by atoms with Gasteiger partial charge in [-0.05, 0) is 25.0 Å². The van der Waals surface area contributed by atoms with Gasteiger partial charge in [0.2, 0.25) is 5.88 Å². The Morgan fingerprint density at radius 2 is 2.25 bits per heavy atom. The van der Waals surface area contributed by atoms with E-state index in [0.29, 0.717) is 12.5 Å². The summed E-state index contributed by atoms with van der Waals surface area (Å²) in [5, 5.41) is 9.10. The summed E-state index contributed by atoms with van der Waals surface area (Å²) in [7, 11) is 0. The van der Waals surface area contributed by atoms with Crippen LogP contribution in [-0.4, -0.2) is 16.7 Å². The number of rotatable bonds is 6. The number of ether oxygens (including phenoxy) is 1. The second-order valence-electron chi connectivity index (χ2n) is 3.87. The molecule has 88 valence electrons. The molecular formula is C13H19NO2. The minimum Gasteiger partial charge on any atom is -0.477 e. The molecule has 0 atom stereocenters. The van der Waals surface area contributed by atoms with Crippen molar-refractivity contribution >= 4 is 0 Å². The Morgan fingerprint density at radius 3 is 2.81 bits per heavy atom. The monoisotopic (exact) mass is 221 g/mol. The lowest BCUT2D eigenvalue weighted by Gasteiger charge is -2.08. The Balaban J connectivity index is 2.67. The van der Waals surface area contributed by atoms with Gasteiger partial charge in [-0.2, -0.15) is 0 Å². The third-order valence-corrected chi connectivity index (χ3v) is 2.24. The van der Waals surface area contributed by atoms with Gasteiger partial charge in [0, 0.05) is 18.2 Å². The Hall–Kier alpha value is -1.35. The van der Waals surface area contributed by atoms with E-state index >= 15 is 0 Å². The fraction of sp³-hybridized carbons (Fsp3) is 0.462. The van der Waals surface area contributed by atoms with E-state index in [1.54, 1.807) is 6.07 Å². The van der Waals surface area contributed by atoms with Crippen molar-refractivity contribution in [1.29, 1.82) is 0 Å². The highest BCUT2D eigenvalue weighted by atomic mass is 16.5. The molecule has 0 radical (unpaired) electrons. The molecule has 0 saturated heterocycles. The maximum absolute atomic E-state index is 9.10. The Kier molecular flexibility index (Phi) is 4.99. The van der Waals surface area contributed by atoms with Gasteiger partial charge < -0.3 is 9.84 Å². The molecule has 0 aromatic carbocycles. The van der Waals surface area contributed by atoms with Gasteiger partial charge in [0.05, 0.1) is 13.2 Å². The van der Waals surface area contributed by atoms with E-state index < -0.39 is 0 Å². The van der Waals surface area contributed by atoms with Crippen LogP contribution in [0.1, 0.15) is 31.5 Å². The summed E-state index contributed by atoms with van der Waals surface area (Å²) >= 11 is 0. The van der Waals surface area contributed by atoms with Crippen LogP contribution in [0.15, 0.2) is 24.3 Å². The largest absolute Gasteiger partial charge is 0.477 e. The molecule has 0 aliphatic carbocycles. The zero-order valence-electron chi connectivity index (χ0n) is 9.99. The molecule has 0 spiro atoms. The second kappa shape index (κ2) is 6.28. The van der Waals surface area contributed by atoms with Gasteiger partial charge >= 0.3 is 0 Å². The molecule has 0 bridgehead atoms. The predicted octanol–water partition coefficient (Wildman–Crippen LogP) is 2.48. The van der Waals surface area contributed by atoms with Crippen molar-refractivity contribution in [3.8, 4) is 5.88 Å². The summed E-state index contributed by atoms with van der Waals surface area (Å²) in [6.45, 7) is 8.42. The summed E-state index contributed by atoms with van der Waals surface area (Å²) in [6.07, 6.45) is 1.66. The second-order valence-corrected chi connectivity index (χ2v) is 3.87. The van der Waals surface area contributed by atoms with Crippen molar-refractivity contribution in [1.82, 2.24) is 4.98 Å². The minimum atomic E-state index is 0.0202. The molecule has 3 nitrogen and oxygen atoms in total. The lowest BCUT2D eigenvalue weighted by Crippen LogP contribution is -2.02. The molecule has 16 heavy (non-hydrogen) atoms. The van der Waals surface area contributed by atoms with Crippen molar-refractivity contribution < 1.29 is 9.84 Å². The van der Waals surface area contributed by atoms with Crippen molar-refractivity contribution in [2.75, 3.05) is 6.61 Å². The molecule has 0 fully saturated rings. The molecule has 3 heteroatoms. The number of aliphatic hydroxyl groups is 1. The maximum Gasteiger partial charge on any atom is 0.213 e. The van der Waals surface area contributed by atoms with Crippen LogP contribution in [0.4, 0.5) is 0 Å². The van der Waals surface area contributed by atoms with Crippen LogP contribution in [0.3, 0.4) is 0 Å². The van der Waals surface area contributed by atoms with Crippen LogP contribution >= 0.6 is 0 Å². The molecule has 1 rings (SSSR count). The van der Waals surface area contributed by atoms with Crippen LogP contribution in [0.5, 0.6) is 5.88 Å². The molecule has 0 aliphatic rings. The Bertz CT molecular complexity index is 339. The van der Waals surface area contributed by atoms with Crippen molar-refractivity contribution in [2.45, 2.75) is 33.3 Å². The maximum atomic E-state index is 9.10. The van der Waals surface area contributed by atoms with Crippen molar-refractivity contribution in [3.63, 3.8) is 0 Å². The van der Waals surface area contributed by atoms with Gasteiger partial charge in [0.15, 0.2) is 0 Å². The third-order valence-electron chi connectivity index (χ3n) is 2.24. The summed E-state index contributed by atoms with van der Waals surface area (Å²) in [4.78, 5) is 4.33. The standard InChI is InChI=1S/C13H19NO2/c1-4-12-7-11(9-15)8-13(14-12)16-6-5-10(2)3/h7-8,15H,2,4-6,9H2,1,3H3. The highest BCUT2D eigenvalue weighted by Crippen LogP contribution is 2.14. The molecule has 0 aliphatic heterocycles. The average Bonchev–Trinajstić information content (AvgIpc) is 2.28. The Labute approximate surface area is 96.8 Å². The first-order chi connectivity index (χ1) is 7.65. The van der Waals surface area contributed by atoms with Crippen LogP contribution in [0.25, 0.3) is 0 Å². The van der Waals surface area contributed by atoms with Gasteiger partial charge in [-0.1, -0.05) is 12.5 Å². The van der Waals surface area contributed by atoms with Crippen LogP contribution in [0, 0.1) is 0 Å². The zero-order valence-corrected chi connectivity index (χ0v) is 9.99. The minimum absolute atomic E-state index is 0.0202. The number of nitrogens with zero attached hydrogens (tertiary/aromatic N) is 1. The predicted molar refractivity (Wildman–Crippen MR) is 64.5 cm³/mol. The first-order valence-electron chi connectivity index (χ1n) is 5.53. The lowest BCUT2D eigenvalue weighted by atomic mass is 10.2. The lowest BCUT2D eigenvalue weighted by molar-refractivity contribution is 0.277. The smallest absolute Gasteiger partial charge is 0.213 e. The summed E-state index contributed by atoms with van der Waals surface area (Å²) in [6, 6.07) is 3.67. The van der Waals surface area contributed by atoms with E-state index in [1.807, 2.05) is 19.9 Å². The van der Waals surface area contributed by atoms with Gasteiger partial charge in [0.1, 0.15) is 0 Å². The first kappa shape index (κ1) is 12.7. The molecular weight excluding hydrogens is 202 g/mol. The molecule has 0 amide bonds. The van der Waals surface area contributed by atoms with Gasteiger partial charge in [-0.25, -0.2) is 4.98 Å². The fourth-order valence-corrected chi connectivity index (χ4v) is 1.30. The number of aromatic nitrogens is 1. The SMILES string of the molecule is C=C(C)CCOc1cc(CO)cc(CC)n1. The normalized spacial score (nSPS) is 10.2. The van der Waals surface area contributed by atoms with Gasteiger partial charge in [-0.15, -0.1) is 6.58 Å². The zero-order chi connectivity index (χ0) is 12.0. The number of hydrogen-bond acceptors (Lipinski definition) is 3. The third kappa shape index (κ3) is 4.03. The molecule has 0 unspecified atom stereocenters. The number of pyridine rings is 1. The van der Waals surface area contributed by atoms with Gasteiger partial charge in [0.25, 0.3) is 0 Å². The molecule has 1 N–H and O–H groups in total. The van der Waals surface area contributed by atoms with Crippen LogP contribution in [-0.2, 0) is 13.0 Å². The first-order valence-corrected chi connectivity index (χ1v) is 5.53. The molecule has 1 aromatic heterocycles. The summed E-state index contributed by atoms with van der Waals surface area (Å²) in [5.41, 5.74) is 2.88. The highest BCUT2D eigenvalue weighted by Gasteiger charge is 2.02. The number of hydrogen-bond donors (Lipinski definition) is 1. The van der Waals surface area contributed by atoms with E-state index in [9.17, 15) is 0 Å². The van der Waals surface area contributed by atoms with E-state index in [1.165, 1.54) is 0 Å². The molecule has 0 saturated carbocycles. The number of aryl methyl sites for hydroxylation is 1. The van der Waals surface area contributed by atoms with Gasteiger partial charge in [-0.3, -0.25) is 0 Å². The topological polar surface area (TPSA) is 42.4 Å². The van der Waals surface area contributed by atoms with E-state index in [-0.39, 0.29) is 6.61 Å². The van der Waals surface area contributed by atoms with Crippen molar-refractivity contribution in [2.24, 2.45) is 0 Å². The van der Waals surface area contributed by atoms with Crippen LogP contribution < -0.4 is 4.74 Å². The fourth-order valence-electron chi connectivity index (χ4n) is 1.30. The van der Waals surface area contributed by atoms with E-state index in [0.717, 1.165) is 29.7 Å². The number of aliphatic hydroxyl groups excluding tert-OH is 1.